The Kier molecular flexibility index (Phi) is 4.66. The molecule has 0 aliphatic carbocycles. The largest absolute Gasteiger partial charge is 0.395 e. The van der Waals surface area contributed by atoms with E-state index in [1.165, 1.54) is 0 Å². The van der Waals surface area contributed by atoms with Crippen molar-refractivity contribution < 1.29 is 10.0 Å². The number of nitrogens with zero attached hydrogens (tertiary/aromatic N) is 2. The van der Waals surface area contributed by atoms with Gasteiger partial charge in [-0.1, -0.05) is 18.2 Å². The van der Waals surface area contributed by atoms with E-state index in [9.17, 15) is 10.1 Å². The van der Waals surface area contributed by atoms with E-state index < -0.39 is 4.92 Å². The van der Waals surface area contributed by atoms with Crippen molar-refractivity contribution in [3.8, 4) is 0 Å². The van der Waals surface area contributed by atoms with E-state index in [1.807, 2.05) is 0 Å². The molecule has 0 radical (unpaired) electrons. The smallest absolute Gasteiger partial charge is 0.295 e. The van der Waals surface area contributed by atoms with Gasteiger partial charge in [0.15, 0.2) is 0 Å². The second-order valence-electron chi connectivity index (χ2n) is 3.66. The first-order chi connectivity index (χ1) is 8.11. The molecule has 0 saturated heterocycles. The van der Waals surface area contributed by atoms with E-state index in [-0.39, 0.29) is 12.3 Å². The van der Waals surface area contributed by atoms with E-state index in [0.29, 0.717) is 24.3 Å². The third-order valence-corrected chi connectivity index (χ3v) is 2.46. The van der Waals surface area contributed by atoms with Crippen LogP contribution in [0.1, 0.15) is 5.56 Å². The summed E-state index contributed by atoms with van der Waals surface area (Å²) >= 11 is 0. The molecule has 92 valence electrons. The van der Waals surface area contributed by atoms with Gasteiger partial charge < -0.3 is 10.0 Å². The Hall–Kier alpha value is -1.88. The zero-order valence-corrected chi connectivity index (χ0v) is 9.80. The summed E-state index contributed by atoms with van der Waals surface area (Å²) in [7, 11) is 0. The maximum atomic E-state index is 11.0. The SMILES string of the molecule is C=CCN(CCO)c1cccc(C)c1[N+](=O)[O-]. The van der Waals surface area contributed by atoms with Crippen LogP contribution in [0.2, 0.25) is 0 Å². The predicted octanol–water partition coefficient (Wildman–Crippen LogP) is 1.89. The van der Waals surface area contributed by atoms with Crippen molar-refractivity contribution in [1.82, 2.24) is 0 Å². The number of anilines is 1. The van der Waals surface area contributed by atoms with Crippen LogP contribution in [0.25, 0.3) is 0 Å². The maximum Gasteiger partial charge on any atom is 0.295 e. The number of nitro groups is 1. The Balaban J connectivity index is 3.21. The van der Waals surface area contributed by atoms with Crippen LogP contribution in [0.5, 0.6) is 0 Å². The standard InChI is InChI=1S/C12H16N2O3/c1-3-7-13(8-9-15)11-6-4-5-10(2)12(11)14(16)17/h3-6,15H,1,7-9H2,2H3. The molecule has 0 spiro atoms. The van der Waals surface area contributed by atoms with Gasteiger partial charge in [0, 0.05) is 18.7 Å². The van der Waals surface area contributed by atoms with Crippen molar-refractivity contribution in [3.63, 3.8) is 0 Å². The summed E-state index contributed by atoms with van der Waals surface area (Å²) < 4.78 is 0. The first kappa shape index (κ1) is 13.2. The summed E-state index contributed by atoms with van der Waals surface area (Å²) in [6, 6.07) is 5.15. The number of aliphatic hydroxyl groups excluding tert-OH is 1. The molecule has 17 heavy (non-hydrogen) atoms. The van der Waals surface area contributed by atoms with E-state index in [4.69, 9.17) is 5.11 Å². The lowest BCUT2D eigenvalue weighted by atomic mass is 10.1. The molecule has 1 N–H and O–H groups in total. The Labute approximate surface area is 100 Å². The molecule has 5 heteroatoms. The Morgan fingerprint density at radius 3 is 2.82 bits per heavy atom. The fourth-order valence-corrected chi connectivity index (χ4v) is 1.72. The number of aliphatic hydroxyl groups is 1. The summed E-state index contributed by atoms with van der Waals surface area (Å²) in [6.07, 6.45) is 1.65. The van der Waals surface area contributed by atoms with Gasteiger partial charge in [-0.05, 0) is 13.0 Å². The number of nitro benzene ring substituents is 1. The molecule has 0 saturated carbocycles. The van der Waals surface area contributed by atoms with Crippen LogP contribution in [-0.4, -0.2) is 29.7 Å². The van der Waals surface area contributed by atoms with Crippen molar-refractivity contribution in [2.75, 3.05) is 24.6 Å². The van der Waals surface area contributed by atoms with Crippen LogP contribution in [0.4, 0.5) is 11.4 Å². The Morgan fingerprint density at radius 1 is 1.59 bits per heavy atom. The van der Waals surface area contributed by atoms with E-state index in [2.05, 4.69) is 6.58 Å². The van der Waals surface area contributed by atoms with Crippen molar-refractivity contribution in [2.24, 2.45) is 0 Å². The van der Waals surface area contributed by atoms with E-state index in [1.54, 1.807) is 36.1 Å². The van der Waals surface area contributed by atoms with Gasteiger partial charge >= 0.3 is 0 Å². The molecule has 0 aliphatic rings. The van der Waals surface area contributed by atoms with Crippen molar-refractivity contribution in [2.45, 2.75) is 6.92 Å². The van der Waals surface area contributed by atoms with E-state index >= 15 is 0 Å². The van der Waals surface area contributed by atoms with Crippen LogP contribution in [0.3, 0.4) is 0 Å². The fraction of sp³-hybridized carbons (Fsp3) is 0.333. The van der Waals surface area contributed by atoms with E-state index in [0.717, 1.165) is 0 Å². The minimum absolute atomic E-state index is 0.0566. The maximum absolute atomic E-state index is 11.0. The highest BCUT2D eigenvalue weighted by Gasteiger charge is 2.20. The number of rotatable bonds is 6. The number of para-hydroxylation sites is 1. The quantitative estimate of drug-likeness (QED) is 0.465. The van der Waals surface area contributed by atoms with Crippen LogP contribution in [0.15, 0.2) is 30.9 Å². The Bertz CT molecular complexity index is 418. The third kappa shape index (κ3) is 3.04. The van der Waals surface area contributed by atoms with Gasteiger partial charge in [-0.15, -0.1) is 6.58 Å². The van der Waals surface area contributed by atoms with Crippen molar-refractivity contribution >= 4 is 11.4 Å². The molecule has 0 atom stereocenters. The molecule has 0 unspecified atom stereocenters. The van der Waals surface area contributed by atoms with Gasteiger partial charge in [-0.25, -0.2) is 0 Å². The lowest BCUT2D eigenvalue weighted by Gasteiger charge is -2.22. The third-order valence-electron chi connectivity index (χ3n) is 2.46. The molecular weight excluding hydrogens is 220 g/mol. The van der Waals surface area contributed by atoms with Gasteiger partial charge in [-0.3, -0.25) is 10.1 Å². The highest BCUT2D eigenvalue weighted by atomic mass is 16.6. The molecule has 1 aromatic carbocycles. The first-order valence-electron chi connectivity index (χ1n) is 5.32. The molecule has 0 amide bonds. The van der Waals surface area contributed by atoms with Gasteiger partial charge in [0.2, 0.25) is 0 Å². The second kappa shape index (κ2) is 6.00. The Morgan fingerprint density at radius 2 is 2.29 bits per heavy atom. The topological polar surface area (TPSA) is 66.6 Å². The lowest BCUT2D eigenvalue weighted by molar-refractivity contribution is -0.384. The molecule has 1 rings (SSSR count). The highest BCUT2D eigenvalue weighted by molar-refractivity contribution is 5.66. The van der Waals surface area contributed by atoms with Gasteiger partial charge in [-0.2, -0.15) is 0 Å². The average Bonchev–Trinajstić information content (AvgIpc) is 2.28. The van der Waals surface area contributed by atoms with Gasteiger partial charge in [0.1, 0.15) is 5.69 Å². The minimum atomic E-state index is -0.391. The highest BCUT2D eigenvalue weighted by Crippen LogP contribution is 2.31. The van der Waals surface area contributed by atoms with Gasteiger partial charge in [0.05, 0.1) is 11.5 Å². The zero-order chi connectivity index (χ0) is 12.8. The van der Waals surface area contributed by atoms with Crippen LogP contribution >= 0.6 is 0 Å². The number of benzene rings is 1. The molecule has 0 bridgehead atoms. The fourth-order valence-electron chi connectivity index (χ4n) is 1.72. The summed E-state index contributed by atoms with van der Waals surface area (Å²) in [5.74, 6) is 0. The summed E-state index contributed by atoms with van der Waals surface area (Å²) in [5, 5.41) is 20.0. The van der Waals surface area contributed by atoms with Gasteiger partial charge in [0.25, 0.3) is 5.69 Å². The summed E-state index contributed by atoms with van der Waals surface area (Å²) in [5.41, 5.74) is 1.21. The molecule has 0 aliphatic heterocycles. The molecule has 1 aromatic rings. The number of aryl methyl sites for hydroxylation is 1. The number of hydrogen-bond donors (Lipinski definition) is 1. The normalized spacial score (nSPS) is 10.0. The molecule has 0 aromatic heterocycles. The molecular formula is C12H16N2O3. The lowest BCUT2D eigenvalue weighted by Crippen LogP contribution is -2.27. The minimum Gasteiger partial charge on any atom is -0.395 e. The van der Waals surface area contributed by atoms with Crippen molar-refractivity contribution in [1.29, 1.82) is 0 Å². The predicted molar refractivity (Wildman–Crippen MR) is 67.3 cm³/mol. The molecule has 0 heterocycles. The summed E-state index contributed by atoms with van der Waals surface area (Å²) in [4.78, 5) is 12.4. The molecule has 0 fully saturated rings. The molecule has 5 nitrogen and oxygen atoms in total. The zero-order valence-electron chi connectivity index (χ0n) is 9.80. The average molecular weight is 236 g/mol. The summed E-state index contributed by atoms with van der Waals surface area (Å²) in [6.45, 7) is 6.06. The van der Waals surface area contributed by atoms with Crippen LogP contribution in [-0.2, 0) is 0 Å². The first-order valence-corrected chi connectivity index (χ1v) is 5.32. The second-order valence-corrected chi connectivity index (χ2v) is 3.66. The van der Waals surface area contributed by atoms with Crippen LogP contribution < -0.4 is 4.90 Å². The van der Waals surface area contributed by atoms with Crippen LogP contribution in [0, 0.1) is 17.0 Å². The monoisotopic (exact) mass is 236 g/mol. The number of hydrogen-bond acceptors (Lipinski definition) is 4. The van der Waals surface area contributed by atoms with Crippen molar-refractivity contribution in [3.05, 3.63) is 46.5 Å².